The summed E-state index contributed by atoms with van der Waals surface area (Å²) in [6, 6.07) is 0. The van der Waals surface area contributed by atoms with Gasteiger partial charge in [0.1, 0.15) is 6.20 Å². The molecule has 3 heteroatoms. The maximum atomic E-state index is 4.08. The standard InChI is InChI=1S/C8H9N2S/c1-2-3-7-6-10-5-4-9-8(10)11-7/h5-6H,2-3H2,1H3. The predicted molar refractivity (Wildman–Crippen MR) is 45.9 cm³/mol. The maximum absolute atomic E-state index is 4.08. The highest BCUT2D eigenvalue weighted by Crippen LogP contribution is 2.16. The molecule has 2 aromatic heterocycles. The minimum Gasteiger partial charge on any atom is -0.297 e. The predicted octanol–water partition coefficient (Wildman–Crippen LogP) is 2.15. The number of aromatic nitrogens is 2. The largest absolute Gasteiger partial charge is 0.297 e. The van der Waals surface area contributed by atoms with Crippen molar-refractivity contribution in [3.8, 4) is 0 Å². The van der Waals surface area contributed by atoms with Crippen molar-refractivity contribution in [3.05, 3.63) is 23.5 Å². The van der Waals surface area contributed by atoms with Gasteiger partial charge in [-0.3, -0.25) is 4.40 Å². The summed E-state index contributed by atoms with van der Waals surface area (Å²) in [4.78, 5) is 6.53. The monoisotopic (exact) mass is 165 g/mol. The number of fused-ring (bicyclic) bond motifs is 1. The summed E-state index contributed by atoms with van der Waals surface area (Å²) in [7, 11) is 0. The average molecular weight is 165 g/mol. The zero-order valence-electron chi connectivity index (χ0n) is 6.37. The van der Waals surface area contributed by atoms with Crippen molar-refractivity contribution in [2.75, 3.05) is 0 Å². The highest BCUT2D eigenvalue weighted by Gasteiger charge is 1.99. The lowest BCUT2D eigenvalue weighted by Gasteiger charge is -1.85. The van der Waals surface area contributed by atoms with Gasteiger partial charge in [0.05, 0.1) is 0 Å². The molecule has 2 nitrogen and oxygen atoms in total. The van der Waals surface area contributed by atoms with Crippen LogP contribution in [0.3, 0.4) is 0 Å². The third kappa shape index (κ3) is 1.16. The van der Waals surface area contributed by atoms with Gasteiger partial charge in [-0.25, -0.2) is 4.98 Å². The van der Waals surface area contributed by atoms with Crippen molar-refractivity contribution >= 4 is 16.3 Å². The Morgan fingerprint density at radius 1 is 1.73 bits per heavy atom. The molecule has 0 aliphatic rings. The first-order valence-corrected chi connectivity index (χ1v) is 4.55. The SMILES string of the molecule is CCCc1cn2c[c]nc2s1. The minimum absolute atomic E-state index is 1.05. The van der Waals surface area contributed by atoms with Gasteiger partial charge in [-0.2, -0.15) is 0 Å². The summed E-state index contributed by atoms with van der Waals surface area (Å²) < 4.78 is 2.02. The molecule has 0 fully saturated rings. The lowest BCUT2D eigenvalue weighted by Crippen LogP contribution is -1.75. The summed E-state index contributed by atoms with van der Waals surface area (Å²) in [5.41, 5.74) is 0. The molecule has 0 atom stereocenters. The van der Waals surface area contributed by atoms with E-state index in [2.05, 4.69) is 24.3 Å². The van der Waals surface area contributed by atoms with E-state index in [1.54, 1.807) is 11.3 Å². The van der Waals surface area contributed by atoms with Crippen LogP contribution in [-0.4, -0.2) is 9.38 Å². The Labute approximate surface area is 69.5 Å². The van der Waals surface area contributed by atoms with E-state index in [1.807, 2.05) is 10.6 Å². The Balaban J connectivity index is 2.42. The van der Waals surface area contributed by atoms with E-state index in [0.29, 0.717) is 0 Å². The maximum Gasteiger partial charge on any atom is 0.194 e. The molecule has 1 radical (unpaired) electrons. The van der Waals surface area contributed by atoms with Crippen LogP contribution >= 0.6 is 11.3 Å². The van der Waals surface area contributed by atoms with Crippen LogP contribution in [0.1, 0.15) is 18.2 Å². The van der Waals surface area contributed by atoms with E-state index < -0.39 is 0 Å². The van der Waals surface area contributed by atoms with E-state index in [1.165, 1.54) is 11.3 Å². The molecular weight excluding hydrogens is 156 g/mol. The van der Waals surface area contributed by atoms with Crippen LogP contribution in [0.4, 0.5) is 0 Å². The molecule has 57 valence electrons. The highest BCUT2D eigenvalue weighted by molar-refractivity contribution is 7.17. The molecule has 2 rings (SSSR count). The first kappa shape index (κ1) is 6.85. The molecule has 0 N–H and O–H groups in total. The Kier molecular flexibility index (Phi) is 1.66. The Hall–Kier alpha value is -0.830. The molecule has 11 heavy (non-hydrogen) atoms. The zero-order chi connectivity index (χ0) is 7.68. The number of imidazole rings is 1. The average Bonchev–Trinajstić information content (AvgIpc) is 2.46. The third-order valence-electron chi connectivity index (χ3n) is 1.58. The van der Waals surface area contributed by atoms with Crippen LogP contribution in [0.5, 0.6) is 0 Å². The Bertz CT molecular complexity index is 319. The fraction of sp³-hybridized carbons (Fsp3) is 0.375. The van der Waals surface area contributed by atoms with Crippen LogP contribution in [-0.2, 0) is 6.42 Å². The zero-order valence-corrected chi connectivity index (χ0v) is 7.19. The number of nitrogens with zero attached hydrogens (tertiary/aromatic N) is 2. The van der Waals surface area contributed by atoms with Crippen LogP contribution in [0.15, 0.2) is 12.4 Å². The highest BCUT2D eigenvalue weighted by atomic mass is 32.1. The van der Waals surface area contributed by atoms with Gasteiger partial charge < -0.3 is 0 Å². The van der Waals surface area contributed by atoms with E-state index >= 15 is 0 Å². The Morgan fingerprint density at radius 3 is 3.36 bits per heavy atom. The second kappa shape index (κ2) is 2.66. The fourth-order valence-corrected chi connectivity index (χ4v) is 2.10. The van der Waals surface area contributed by atoms with Crippen molar-refractivity contribution < 1.29 is 0 Å². The molecule has 0 saturated heterocycles. The molecule has 0 saturated carbocycles. The fourth-order valence-electron chi connectivity index (χ4n) is 1.09. The molecule has 0 spiro atoms. The number of thiazole rings is 1. The molecule has 0 unspecified atom stereocenters. The molecular formula is C8H9N2S. The molecule has 0 aliphatic carbocycles. The summed E-state index contributed by atoms with van der Waals surface area (Å²) in [5.74, 6) is 0. The molecule has 2 heterocycles. The summed E-state index contributed by atoms with van der Waals surface area (Å²) in [5, 5.41) is 0. The van der Waals surface area contributed by atoms with Gasteiger partial charge in [0, 0.05) is 17.3 Å². The van der Waals surface area contributed by atoms with Crippen LogP contribution in [0.2, 0.25) is 0 Å². The molecule has 2 aromatic rings. The Morgan fingerprint density at radius 2 is 2.64 bits per heavy atom. The van der Waals surface area contributed by atoms with Gasteiger partial charge in [0.15, 0.2) is 4.96 Å². The van der Waals surface area contributed by atoms with Crippen molar-refractivity contribution in [2.45, 2.75) is 19.8 Å². The second-order valence-corrected chi connectivity index (χ2v) is 3.60. The molecule has 0 aliphatic heterocycles. The number of aryl methyl sites for hydroxylation is 1. The van der Waals surface area contributed by atoms with Crippen LogP contribution in [0.25, 0.3) is 4.96 Å². The molecule has 0 bridgehead atoms. The van der Waals surface area contributed by atoms with Gasteiger partial charge in [-0.15, -0.1) is 11.3 Å². The normalized spacial score (nSPS) is 11.0. The second-order valence-electron chi connectivity index (χ2n) is 2.51. The van der Waals surface area contributed by atoms with Gasteiger partial charge in [-0.05, 0) is 6.42 Å². The van der Waals surface area contributed by atoms with E-state index in [4.69, 9.17) is 0 Å². The van der Waals surface area contributed by atoms with E-state index in [-0.39, 0.29) is 0 Å². The van der Waals surface area contributed by atoms with Gasteiger partial charge >= 0.3 is 0 Å². The number of hydrogen-bond acceptors (Lipinski definition) is 2. The van der Waals surface area contributed by atoms with Crippen molar-refractivity contribution in [2.24, 2.45) is 0 Å². The number of rotatable bonds is 2. The topological polar surface area (TPSA) is 17.3 Å². The number of hydrogen-bond donors (Lipinski definition) is 0. The van der Waals surface area contributed by atoms with Crippen LogP contribution < -0.4 is 0 Å². The quantitative estimate of drug-likeness (QED) is 0.666. The molecule has 0 aromatic carbocycles. The van der Waals surface area contributed by atoms with Gasteiger partial charge in [0.25, 0.3) is 0 Å². The third-order valence-corrected chi connectivity index (χ3v) is 2.64. The van der Waals surface area contributed by atoms with E-state index in [9.17, 15) is 0 Å². The van der Waals surface area contributed by atoms with Crippen molar-refractivity contribution in [1.82, 2.24) is 9.38 Å². The first-order valence-electron chi connectivity index (χ1n) is 3.73. The van der Waals surface area contributed by atoms with Gasteiger partial charge in [0.2, 0.25) is 0 Å². The summed E-state index contributed by atoms with van der Waals surface area (Å²) >= 11 is 1.75. The van der Waals surface area contributed by atoms with Crippen molar-refractivity contribution in [3.63, 3.8) is 0 Å². The summed E-state index contributed by atoms with van der Waals surface area (Å²) in [6.45, 7) is 2.19. The summed E-state index contributed by atoms with van der Waals surface area (Å²) in [6.07, 6.45) is 9.17. The van der Waals surface area contributed by atoms with Gasteiger partial charge in [-0.1, -0.05) is 13.3 Å². The lowest BCUT2D eigenvalue weighted by atomic mass is 10.3. The molecule has 0 amide bonds. The lowest BCUT2D eigenvalue weighted by molar-refractivity contribution is 0.932. The van der Waals surface area contributed by atoms with Crippen LogP contribution in [0, 0.1) is 6.20 Å². The minimum atomic E-state index is 1.05. The smallest absolute Gasteiger partial charge is 0.194 e. The first-order chi connectivity index (χ1) is 5.40. The van der Waals surface area contributed by atoms with Crippen molar-refractivity contribution in [1.29, 1.82) is 0 Å². The van der Waals surface area contributed by atoms with E-state index in [0.717, 1.165) is 11.4 Å².